The van der Waals surface area contributed by atoms with Gasteiger partial charge in [0.05, 0.1) is 0 Å². The van der Waals surface area contributed by atoms with Gasteiger partial charge >= 0.3 is 0 Å². The van der Waals surface area contributed by atoms with Gasteiger partial charge in [-0.25, -0.2) is 5.43 Å². The highest BCUT2D eigenvalue weighted by Gasteiger charge is 1.99. The van der Waals surface area contributed by atoms with Crippen molar-refractivity contribution in [3.8, 4) is 0 Å². The van der Waals surface area contributed by atoms with Crippen LogP contribution in [0.15, 0.2) is 12.4 Å². The monoisotopic (exact) mass is 145 g/mol. The topological polar surface area (TPSA) is 47.5 Å². The van der Waals surface area contributed by atoms with Gasteiger partial charge in [-0.1, -0.05) is 6.58 Å². The summed E-state index contributed by atoms with van der Waals surface area (Å²) in [5.74, 6) is 0.637. The number of hydrogen-bond donors (Lipinski definition) is 3. The van der Waals surface area contributed by atoms with Crippen LogP contribution >= 0.6 is 0 Å². The lowest BCUT2D eigenvalue weighted by molar-refractivity contribution is 0.148. The number of nitrogens with one attached hydrogen (secondary N) is 2. The zero-order valence-corrected chi connectivity index (χ0v) is 6.68. The molecule has 0 saturated heterocycles. The molecule has 0 amide bonds. The molecule has 0 heterocycles. The second kappa shape index (κ2) is 4.14. The van der Waals surface area contributed by atoms with E-state index in [1.807, 2.05) is 0 Å². The van der Waals surface area contributed by atoms with E-state index >= 15 is 0 Å². The van der Waals surface area contributed by atoms with Crippen LogP contribution in [0.4, 0.5) is 0 Å². The van der Waals surface area contributed by atoms with Crippen LogP contribution < -0.4 is 10.7 Å². The van der Waals surface area contributed by atoms with Crippen molar-refractivity contribution < 1.29 is 5.11 Å². The van der Waals surface area contributed by atoms with E-state index in [9.17, 15) is 0 Å². The highest BCUT2D eigenvalue weighted by atomic mass is 16.3. The van der Waals surface area contributed by atoms with Gasteiger partial charge in [0.2, 0.25) is 0 Å². The molecule has 0 spiro atoms. The minimum absolute atomic E-state index is 0.566. The Morgan fingerprint density at radius 2 is 2.20 bits per heavy atom. The van der Waals surface area contributed by atoms with Gasteiger partial charge < -0.3 is 10.4 Å². The Kier molecular flexibility index (Phi) is 3.83. The molecule has 0 aliphatic heterocycles. The summed E-state index contributed by atoms with van der Waals surface area (Å²) in [5, 5.41) is 13.2. The third-order valence-corrected chi connectivity index (χ3v) is 1.12. The van der Waals surface area contributed by atoms with Crippen LogP contribution in [0.1, 0.15) is 6.92 Å². The van der Waals surface area contributed by atoms with Gasteiger partial charge in [-0.2, -0.15) is 0 Å². The van der Waals surface area contributed by atoms with Gasteiger partial charge in [0, 0.05) is 14.1 Å². The van der Waals surface area contributed by atoms with E-state index in [0.717, 1.165) is 0 Å². The first-order chi connectivity index (χ1) is 4.57. The fourth-order valence-corrected chi connectivity index (χ4v) is 0.473. The Hall–Kier alpha value is -0.740. The van der Waals surface area contributed by atoms with Crippen LogP contribution in [-0.2, 0) is 0 Å². The van der Waals surface area contributed by atoms with Gasteiger partial charge in [0.1, 0.15) is 12.0 Å². The predicted molar refractivity (Wildman–Crippen MR) is 40.8 cm³/mol. The Balaban J connectivity index is 3.62. The zero-order chi connectivity index (χ0) is 8.15. The van der Waals surface area contributed by atoms with Crippen LogP contribution in [0, 0.1) is 0 Å². The van der Waals surface area contributed by atoms with Crippen molar-refractivity contribution in [1.82, 2.24) is 15.8 Å². The highest BCUT2D eigenvalue weighted by Crippen LogP contribution is 1.88. The number of hydrogen-bond acceptors (Lipinski definition) is 4. The Morgan fingerprint density at radius 3 is 2.50 bits per heavy atom. The molecule has 0 aromatic heterocycles. The van der Waals surface area contributed by atoms with Gasteiger partial charge in [0.25, 0.3) is 0 Å². The first-order valence-electron chi connectivity index (χ1n) is 3.12. The Labute approximate surface area is 61.5 Å². The second-order valence-electron chi connectivity index (χ2n) is 2.05. The molecule has 0 radical (unpaired) electrons. The van der Waals surface area contributed by atoms with Crippen LogP contribution in [0.25, 0.3) is 0 Å². The maximum Gasteiger partial charge on any atom is 0.122 e. The van der Waals surface area contributed by atoms with Crippen LogP contribution in [0.2, 0.25) is 0 Å². The lowest BCUT2D eigenvalue weighted by atomic mass is 10.6. The molecule has 0 fully saturated rings. The molecule has 0 aromatic carbocycles. The van der Waals surface area contributed by atoms with E-state index < -0.39 is 6.23 Å². The third-order valence-electron chi connectivity index (χ3n) is 1.12. The average molecular weight is 145 g/mol. The fourth-order valence-electron chi connectivity index (χ4n) is 0.473. The molecule has 60 valence electrons. The quantitative estimate of drug-likeness (QED) is 0.367. The summed E-state index contributed by atoms with van der Waals surface area (Å²) in [6.45, 7) is 5.29. The van der Waals surface area contributed by atoms with Gasteiger partial charge in [-0.05, 0) is 6.92 Å². The lowest BCUT2D eigenvalue weighted by Gasteiger charge is -2.22. The van der Waals surface area contributed by atoms with Crippen molar-refractivity contribution in [2.75, 3.05) is 14.1 Å². The lowest BCUT2D eigenvalue weighted by Crippen LogP contribution is -2.39. The summed E-state index contributed by atoms with van der Waals surface area (Å²) >= 11 is 0. The van der Waals surface area contributed by atoms with Crippen molar-refractivity contribution in [3.05, 3.63) is 12.4 Å². The van der Waals surface area contributed by atoms with Crippen LogP contribution in [-0.4, -0.2) is 30.4 Å². The smallest absolute Gasteiger partial charge is 0.122 e. The van der Waals surface area contributed by atoms with E-state index in [1.165, 1.54) is 0 Å². The van der Waals surface area contributed by atoms with E-state index in [1.54, 1.807) is 26.0 Å². The molecule has 1 atom stereocenters. The van der Waals surface area contributed by atoms with Crippen LogP contribution in [0.5, 0.6) is 0 Å². The Bertz CT molecular complexity index is 114. The largest absolute Gasteiger partial charge is 0.374 e. The average Bonchev–Trinajstić information content (AvgIpc) is 1.85. The summed E-state index contributed by atoms with van der Waals surface area (Å²) < 4.78 is 0. The number of aliphatic hydroxyl groups is 1. The SMILES string of the molecule is C=C(NC(C)O)N(C)NC. The molecule has 3 N–H and O–H groups in total. The summed E-state index contributed by atoms with van der Waals surface area (Å²) in [6, 6.07) is 0. The van der Waals surface area contributed by atoms with Crippen molar-refractivity contribution in [1.29, 1.82) is 0 Å². The fraction of sp³-hybridized carbons (Fsp3) is 0.667. The van der Waals surface area contributed by atoms with Crippen molar-refractivity contribution in [2.45, 2.75) is 13.2 Å². The normalized spacial score (nSPS) is 12.4. The maximum atomic E-state index is 8.84. The Morgan fingerprint density at radius 1 is 1.70 bits per heavy atom. The summed E-state index contributed by atoms with van der Waals surface area (Å²) in [4.78, 5) is 0. The zero-order valence-electron chi connectivity index (χ0n) is 6.68. The molecule has 0 aromatic rings. The van der Waals surface area contributed by atoms with E-state index in [2.05, 4.69) is 17.3 Å². The van der Waals surface area contributed by atoms with Gasteiger partial charge in [-0.15, -0.1) is 0 Å². The summed E-state index contributed by atoms with van der Waals surface area (Å²) in [5.41, 5.74) is 2.83. The van der Waals surface area contributed by atoms with Crippen molar-refractivity contribution in [2.24, 2.45) is 0 Å². The standard InChI is InChI=1S/C6H15N3O/c1-5(8-6(2)10)9(4)7-3/h6-8,10H,1H2,2-4H3. The van der Waals surface area contributed by atoms with Crippen molar-refractivity contribution >= 4 is 0 Å². The second-order valence-corrected chi connectivity index (χ2v) is 2.05. The number of rotatable bonds is 4. The number of hydrazine groups is 1. The molecular formula is C6H15N3O. The van der Waals surface area contributed by atoms with Gasteiger partial charge in [0.15, 0.2) is 0 Å². The molecular weight excluding hydrogens is 130 g/mol. The number of nitrogens with zero attached hydrogens (tertiary/aromatic N) is 1. The third kappa shape index (κ3) is 3.32. The first-order valence-corrected chi connectivity index (χ1v) is 3.12. The van der Waals surface area contributed by atoms with E-state index in [4.69, 9.17) is 5.11 Å². The molecule has 0 saturated carbocycles. The molecule has 4 heteroatoms. The minimum atomic E-state index is -0.566. The summed E-state index contributed by atoms with van der Waals surface area (Å²) in [6.07, 6.45) is -0.566. The van der Waals surface area contributed by atoms with Crippen molar-refractivity contribution in [3.63, 3.8) is 0 Å². The van der Waals surface area contributed by atoms with E-state index in [-0.39, 0.29) is 0 Å². The number of aliphatic hydroxyl groups excluding tert-OH is 1. The van der Waals surface area contributed by atoms with Crippen LogP contribution in [0.3, 0.4) is 0 Å². The predicted octanol–water partition coefficient (Wildman–Crippen LogP) is -0.548. The highest BCUT2D eigenvalue weighted by molar-refractivity contribution is 4.86. The minimum Gasteiger partial charge on any atom is -0.374 e. The van der Waals surface area contributed by atoms with Gasteiger partial charge in [-0.3, -0.25) is 5.01 Å². The molecule has 0 rings (SSSR count). The molecule has 0 aliphatic carbocycles. The summed E-state index contributed by atoms with van der Waals surface area (Å²) in [7, 11) is 3.58. The molecule has 10 heavy (non-hydrogen) atoms. The maximum absolute atomic E-state index is 8.84. The molecule has 0 bridgehead atoms. The molecule has 4 nitrogen and oxygen atoms in total. The molecule has 0 aliphatic rings. The first kappa shape index (κ1) is 9.26. The molecule has 1 unspecified atom stereocenters. The van der Waals surface area contributed by atoms with E-state index in [0.29, 0.717) is 5.82 Å².